The van der Waals surface area contributed by atoms with Gasteiger partial charge >= 0.3 is 5.97 Å². The molecule has 116 valence electrons. The highest BCUT2D eigenvalue weighted by atomic mass is 32.2. The summed E-state index contributed by atoms with van der Waals surface area (Å²) >= 11 is 1.91. The van der Waals surface area contributed by atoms with Crippen molar-refractivity contribution < 1.29 is 9.53 Å². The lowest BCUT2D eigenvalue weighted by molar-refractivity contribution is -0.148. The van der Waals surface area contributed by atoms with Gasteiger partial charge in [-0.15, -0.1) is 0 Å². The zero-order valence-corrected chi connectivity index (χ0v) is 13.7. The summed E-state index contributed by atoms with van der Waals surface area (Å²) in [6.45, 7) is 2.12. The molecule has 2 atom stereocenters. The van der Waals surface area contributed by atoms with Crippen LogP contribution in [0.4, 0.5) is 0 Å². The molecule has 0 heterocycles. The number of ether oxygens (including phenoxy) is 1. The molecule has 1 aliphatic rings. The Kier molecular flexibility index (Phi) is 5.71. The van der Waals surface area contributed by atoms with Gasteiger partial charge in [0.05, 0.1) is 7.11 Å². The summed E-state index contributed by atoms with van der Waals surface area (Å²) < 4.78 is 4.89. The fourth-order valence-corrected chi connectivity index (χ4v) is 4.19. The van der Waals surface area contributed by atoms with Crippen LogP contribution >= 0.6 is 11.8 Å². The topological polar surface area (TPSA) is 52.3 Å². The van der Waals surface area contributed by atoms with E-state index in [9.17, 15) is 4.79 Å². The molecule has 2 N–H and O–H groups in total. The minimum absolute atomic E-state index is 0.242. The van der Waals surface area contributed by atoms with Crippen LogP contribution in [0.5, 0.6) is 0 Å². The minimum atomic E-state index is -0.751. The molecule has 21 heavy (non-hydrogen) atoms. The highest BCUT2D eigenvalue weighted by molar-refractivity contribution is 7.98. The van der Waals surface area contributed by atoms with Gasteiger partial charge in [0.15, 0.2) is 0 Å². The number of carbonyl (C=O) groups is 1. The van der Waals surface area contributed by atoms with E-state index in [2.05, 4.69) is 31.2 Å². The molecule has 0 radical (unpaired) electrons. The van der Waals surface area contributed by atoms with E-state index in [-0.39, 0.29) is 11.9 Å². The lowest BCUT2D eigenvalue weighted by atomic mass is 9.86. The molecule has 0 aromatic heterocycles. The molecule has 0 aliphatic heterocycles. The first-order chi connectivity index (χ1) is 10.1. The van der Waals surface area contributed by atoms with Gasteiger partial charge in [0.25, 0.3) is 0 Å². The summed E-state index contributed by atoms with van der Waals surface area (Å²) in [5, 5.41) is 0. The summed E-state index contributed by atoms with van der Waals surface area (Å²) in [6, 6.07) is 8.61. The molecule has 0 spiro atoms. The Balaban J connectivity index is 1.79. The fraction of sp³-hybridized carbons (Fsp3) is 0.588. The van der Waals surface area contributed by atoms with Crippen LogP contribution in [0.15, 0.2) is 24.3 Å². The quantitative estimate of drug-likeness (QED) is 0.647. The number of hydrogen-bond donors (Lipinski definition) is 1. The molecule has 4 heteroatoms. The van der Waals surface area contributed by atoms with Crippen molar-refractivity contribution in [1.82, 2.24) is 0 Å². The van der Waals surface area contributed by atoms with Crippen LogP contribution in [-0.4, -0.2) is 24.4 Å². The number of esters is 1. The summed E-state index contributed by atoms with van der Waals surface area (Å²) in [4.78, 5) is 11.9. The van der Waals surface area contributed by atoms with E-state index in [1.54, 1.807) is 0 Å². The highest BCUT2D eigenvalue weighted by Crippen LogP contribution is 2.37. The molecular formula is C17H25NO2S. The molecule has 1 aromatic carbocycles. The molecule has 0 bridgehead atoms. The Hall–Kier alpha value is -1.00. The van der Waals surface area contributed by atoms with Gasteiger partial charge in [0.2, 0.25) is 0 Å². The predicted octanol–water partition coefficient (Wildman–Crippen LogP) is 3.29. The molecule has 1 fully saturated rings. The Morgan fingerprint density at radius 2 is 2.33 bits per heavy atom. The molecule has 1 saturated carbocycles. The maximum absolute atomic E-state index is 11.9. The van der Waals surface area contributed by atoms with E-state index in [4.69, 9.17) is 10.5 Å². The number of benzene rings is 1. The maximum Gasteiger partial charge on any atom is 0.326 e. The second-order valence-corrected chi connectivity index (χ2v) is 7.06. The zero-order chi connectivity index (χ0) is 15.3. The van der Waals surface area contributed by atoms with E-state index in [0.29, 0.717) is 0 Å². The van der Waals surface area contributed by atoms with Crippen molar-refractivity contribution in [2.24, 2.45) is 11.7 Å². The molecular weight excluding hydrogens is 282 g/mol. The van der Waals surface area contributed by atoms with Crippen molar-refractivity contribution in [2.75, 3.05) is 12.9 Å². The minimum Gasteiger partial charge on any atom is -0.468 e. The third-order valence-corrected chi connectivity index (χ3v) is 5.46. The third-order valence-electron chi connectivity index (χ3n) is 4.40. The van der Waals surface area contributed by atoms with E-state index in [1.807, 2.05) is 11.8 Å². The van der Waals surface area contributed by atoms with Crippen molar-refractivity contribution in [1.29, 1.82) is 0 Å². The molecule has 0 amide bonds. The number of nitrogens with two attached hydrogens (primary N) is 1. The number of thioether (sulfide) groups is 1. The normalized spacial score (nSPS) is 25.0. The van der Waals surface area contributed by atoms with Gasteiger partial charge in [0.1, 0.15) is 5.54 Å². The second kappa shape index (κ2) is 7.32. The first-order valence-corrected chi connectivity index (χ1v) is 8.72. The van der Waals surface area contributed by atoms with Crippen LogP contribution in [0, 0.1) is 12.8 Å². The van der Waals surface area contributed by atoms with Gasteiger partial charge in [-0.25, -0.2) is 0 Å². The van der Waals surface area contributed by atoms with Gasteiger partial charge < -0.3 is 10.5 Å². The molecule has 2 rings (SSSR count). The van der Waals surface area contributed by atoms with Crippen molar-refractivity contribution in [3.8, 4) is 0 Å². The van der Waals surface area contributed by atoms with Crippen LogP contribution in [0.25, 0.3) is 0 Å². The standard InChI is InChI=1S/C17H25NO2S/c1-13-5-3-6-14(11-13)12-21-10-8-15-7-4-9-17(15,18)16(19)20-2/h3,5-6,11,15H,4,7-10,12,18H2,1-2H3. The number of aryl methyl sites for hydroxylation is 1. The van der Waals surface area contributed by atoms with Gasteiger partial charge in [-0.2, -0.15) is 11.8 Å². The molecule has 0 saturated heterocycles. The molecule has 3 nitrogen and oxygen atoms in total. The third kappa shape index (κ3) is 4.01. The fourth-order valence-electron chi connectivity index (χ4n) is 3.18. The number of methoxy groups -OCH3 is 1. The van der Waals surface area contributed by atoms with Crippen LogP contribution in [-0.2, 0) is 15.3 Å². The summed E-state index contributed by atoms with van der Waals surface area (Å²) in [7, 11) is 1.43. The highest BCUT2D eigenvalue weighted by Gasteiger charge is 2.46. The average Bonchev–Trinajstić information content (AvgIpc) is 2.85. The number of carbonyl (C=O) groups excluding carboxylic acids is 1. The Morgan fingerprint density at radius 3 is 3.05 bits per heavy atom. The first-order valence-electron chi connectivity index (χ1n) is 7.57. The summed E-state index contributed by atoms with van der Waals surface area (Å²) in [5.74, 6) is 2.07. The van der Waals surface area contributed by atoms with Gasteiger partial charge in [0, 0.05) is 5.75 Å². The van der Waals surface area contributed by atoms with Crippen molar-refractivity contribution >= 4 is 17.7 Å². The lowest BCUT2D eigenvalue weighted by Crippen LogP contribution is -2.51. The Morgan fingerprint density at radius 1 is 1.52 bits per heavy atom. The summed E-state index contributed by atoms with van der Waals surface area (Å²) in [5.41, 5.74) is 8.20. The van der Waals surface area contributed by atoms with Gasteiger partial charge in [-0.3, -0.25) is 4.79 Å². The zero-order valence-electron chi connectivity index (χ0n) is 12.9. The van der Waals surface area contributed by atoms with Crippen LogP contribution in [0.3, 0.4) is 0 Å². The monoisotopic (exact) mass is 307 g/mol. The largest absolute Gasteiger partial charge is 0.468 e. The van der Waals surface area contributed by atoms with E-state index in [0.717, 1.165) is 37.2 Å². The second-order valence-electron chi connectivity index (χ2n) is 5.95. The van der Waals surface area contributed by atoms with Gasteiger partial charge in [-0.05, 0) is 43.4 Å². The molecule has 1 aromatic rings. The lowest BCUT2D eigenvalue weighted by Gasteiger charge is -2.28. The van der Waals surface area contributed by atoms with E-state index in [1.165, 1.54) is 18.2 Å². The van der Waals surface area contributed by atoms with Crippen molar-refractivity contribution in [3.63, 3.8) is 0 Å². The van der Waals surface area contributed by atoms with Crippen molar-refractivity contribution in [3.05, 3.63) is 35.4 Å². The SMILES string of the molecule is COC(=O)C1(N)CCCC1CCSCc1cccc(C)c1. The first kappa shape index (κ1) is 16.4. The maximum atomic E-state index is 11.9. The average molecular weight is 307 g/mol. The van der Waals surface area contributed by atoms with Crippen molar-refractivity contribution in [2.45, 2.75) is 43.9 Å². The predicted molar refractivity (Wildman–Crippen MR) is 88.2 cm³/mol. The Bertz CT molecular complexity index is 491. The van der Waals surface area contributed by atoms with Crippen LogP contribution in [0.2, 0.25) is 0 Å². The molecule has 2 unspecified atom stereocenters. The van der Waals surface area contributed by atoms with E-state index >= 15 is 0 Å². The smallest absolute Gasteiger partial charge is 0.326 e. The van der Waals surface area contributed by atoms with Crippen LogP contribution < -0.4 is 5.73 Å². The Labute approximate surface area is 131 Å². The van der Waals surface area contributed by atoms with Crippen LogP contribution in [0.1, 0.15) is 36.8 Å². The number of hydrogen-bond acceptors (Lipinski definition) is 4. The van der Waals surface area contributed by atoms with Gasteiger partial charge in [-0.1, -0.05) is 36.2 Å². The summed E-state index contributed by atoms with van der Waals surface area (Å²) in [6.07, 6.45) is 3.81. The molecule has 1 aliphatic carbocycles. The number of rotatable bonds is 6. The van der Waals surface area contributed by atoms with E-state index < -0.39 is 5.54 Å².